The van der Waals surface area contributed by atoms with E-state index < -0.39 is 5.67 Å². The molecule has 1 nitrogen and oxygen atoms in total. The number of benzene rings is 1. The molecule has 0 saturated carbocycles. The van der Waals surface area contributed by atoms with E-state index in [0.717, 1.165) is 18.7 Å². The van der Waals surface area contributed by atoms with Gasteiger partial charge in [0.25, 0.3) is 0 Å². The molecule has 1 aromatic rings. The summed E-state index contributed by atoms with van der Waals surface area (Å²) in [6.07, 6.45) is 1.60. The Morgan fingerprint density at radius 2 is 1.93 bits per heavy atom. The van der Waals surface area contributed by atoms with Crippen molar-refractivity contribution in [1.29, 1.82) is 0 Å². The summed E-state index contributed by atoms with van der Waals surface area (Å²) in [7, 11) is 0. The van der Waals surface area contributed by atoms with Gasteiger partial charge in [0.15, 0.2) is 0 Å². The summed E-state index contributed by atoms with van der Waals surface area (Å²) in [6, 6.07) is 7.51. The number of rotatable bonds is 2. The van der Waals surface area contributed by atoms with E-state index in [-0.39, 0.29) is 0 Å². The summed E-state index contributed by atoms with van der Waals surface area (Å²) in [5.74, 6) is 0. The van der Waals surface area contributed by atoms with Crippen LogP contribution in [0, 0.1) is 0 Å². The normalized spacial score (nSPS) is 20.1. The van der Waals surface area contributed by atoms with Crippen molar-refractivity contribution in [1.82, 2.24) is 5.32 Å². The van der Waals surface area contributed by atoms with E-state index in [0.29, 0.717) is 24.3 Å². The minimum absolute atomic E-state index is 0.439. The summed E-state index contributed by atoms with van der Waals surface area (Å²) in [4.78, 5) is 0. The molecular formula is C12H15ClFN. The van der Waals surface area contributed by atoms with E-state index in [4.69, 9.17) is 11.6 Å². The number of hydrogen-bond donors (Lipinski definition) is 1. The molecular weight excluding hydrogens is 213 g/mol. The minimum Gasteiger partial charge on any atom is -0.316 e. The molecule has 1 aromatic carbocycles. The molecule has 1 saturated heterocycles. The van der Waals surface area contributed by atoms with Gasteiger partial charge in [-0.2, -0.15) is 0 Å². The highest BCUT2D eigenvalue weighted by Crippen LogP contribution is 2.30. The van der Waals surface area contributed by atoms with Crippen LogP contribution < -0.4 is 5.32 Å². The number of halogens is 2. The third-order valence-electron chi connectivity index (χ3n) is 2.96. The van der Waals surface area contributed by atoms with Crippen LogP contribution in [0.5, 0.6) is 0 Å². The first kappa shape index (κ1) is 10.9. The lowest BCUT2D eigenvalue weighted by Gasteiger charge is -2.30. The van der Waals surface area contributed by atoms with Gasteiger partial charge in [-0.15, -0.1) is 0 Å². The molecule has 3 heteroatoms. The second kappa shape index (κ2) is 4.50. The standard InChI is InChI=1S/C12H15ClFN/c13-11-4-2-1-3-10(11)9-12(14)5-7-15-8-6-12/h1-4,15H,5-9H2. The van der Waals surface area contributed by atoms with E-state index in [9.17, 15) is 4.39 Å². The molecule has 0 aromatic heterocycles. The van der Waals surface area contributed by atoms with Crippen LogP contribution in [0.4, 0.5) is 4.39 Å². The lowest BCUT2D eigenvalue weighted by Crippen LogP contribution is -2.40. The number of hydrogen-bond acceptors (Lipinski definition) is 1. The molecule has 15 heavy (non-hydrogen) atoms. The molecule has 1 aliphatic rings. The molecule has 1 N–H and O–H groups in total. The zero-order chi connectivity index (χ0) is 10.7. The molecule has 0 amide bonds. The molecule has 1 aliphatic heterocycles. The molecule has 0 radical (unpaired) electrons. The van der Waals surface area contributed by atoms with Gasteiger partial charge in [0.1, 0.15) is 5.67 Å². The van der Waals surface area contributed by atoms with Crippen molar-refractivity contribution in [3.63, 3.8) is 0 Å². The second-order valence-corrected chi connectivity index (χ2v) is 4.58. The summed E-state index contributed by atoms with van der Waals surface area (Å²) >= 11 is 6.02. The maximum Gasteiger partial charge on any atom is 0.117 e. The fourth-order valence-electron chi connectivity index (χ4n) is 2.03. The Morgan fingerprint density at radius 1 is 1.27 bits per heavy atom. The third-order valence-corrected chi connectivity index (χ3v) is 3.33. The number of nitrogens with one attached hydrogen (secondary N) is 1. The average molecular weight is 228 g/mol. The van der Waals surface area contributed by atoms with Crippen LogP contribution in [-0.4, -0.2) is 18.8 Å². The fraction of sp³-hybridized carbons (Fsp3) is 0.500. The van der Waals surface area contributed by atoms with Gasteiger partial charge in [-0.25, -0.2) is 4.39 Å². The van der Waals surface area contributed by atoms with Crippen LogP contribution in [0.1, 0.15) is 18.4 Å². The van der Waals surface area contributed by atoms with Crippen LogP contribution in [-0.2, 0) is 6.42 Å². The molecule has 2 rings (SSSR count). The molecule has 0 spiro atoms. The third kappa shape index (κ3) is 2.70. The smallest absolute Gasteiger partial charge is 0.117 e. The molecule has 82 valence electrons. The van der Waals surface area contributed by atoms with Crippen molar-refractivity contribution >= 4 is 11.6 Å². The maximum absolute atomic E-state index is 14.3. The van der Waals surface area contributed by atoms with Gasteiger partial charge in [0.2, 0.25) is 0 Å². The van der Waals surface area contributed by atoms with Crippen LogP contribution in [0.2, 0.25) is 5.02 Å². The highest BCUT2D eigenvalue weighted by atomic mass is 35.5. The Kier molecular flexibility index (Phi) is 3.27. The van der Waals surface area contributed by atoms with Crippen LogP contribution in [0.3, 0.4) is 0 Å². The fourth-order valence-corrected chi connectivity index (χ4v) is 2.24. The Balaban J connectivity index is 2.10. The van der Waals surface area contributed by atoms with Gasteiger partial charge >= 0.3 is 0 Å². The van der Waals surface area contributed by atoms with Crippen molar-refractivity contribution in [3.8, 4) is 0 Å². The molecule has 0 aliphatic carbocycles. The van der Waals surface area contributed by atoms with Crippen LogP contribution >= 0.6 is 11.6 Å². The van der Waals surface area contributed by atoms with Gasteiger partial charge in [0.05, 0.1) is 0 Å². The lowest BCUT2D eigenvalue weighted by molar-refractivity contribution is 0.116. The van der Waals surface area contributed by atoms with Crippen molar-refractivity contribution in [3.05, 3.63) is 34.9 Å². The van der Waals surface area contributed by atoms with Crippen LogP contribution in [0.25, 0.3) is 0 Å². The Hall–Kier alpha value is -0.600. The van der Waals surface area contributed by atoms with Crippen molar-refractivity contribution in [2.45, 2.75) is 24.9 Å². The molecule has 1 heterocycles. The highest BCUT2D eigenvalue weighted by molar-refractivity contribution is 6.31. The summed E-state index contributed by atoms with van der Waals surface area (Å²) in [5, 5.41) is 3.84. The average Bonchev–Trinajstić information content (AvgIpc) is 2.22. The topological polar surface area (TPSA) is 12.0 Å². The number of alkyl halides is 1. The lowest BCUT2D eigenvalue weighted by atomic mass is 9.88. The maximum atomic E-state index is 14.3. The number of piperidine rings is 1. The SMILES string of the molecule is FC1(Cc2ccccc2Cl)CCNCC1. The largest absolute Gasteiger partial charge is 0.316 e. The molecule has 1 fully saturated rings. The predicted octanol–water partition coefficient (Wildman–Crippen LogP) is 2.97. The van der Waals surface area contributed by atoms with Crippen molar-refractivity contribution in [2.75, 3.05) is 13.1 Å². The summed E-state index contributed by atoms with van der Waals surface area (Å²) in [6.45, 7) is 1.53. The van der Waals surface area contributed by atoms with Gasteiger partial charge in [-0.3, -0.25) is 0 Å². The van der Waals surface area contributed by atoms with Gasteiger partial charge in [-0.1, -0.05) is 29.8 Å². The van der Waals surface area contributed by atoms with Gasteiger partial charge in [0, 0.05) is 11.4 Å². The zero-order valence-corrected chi connectivity index (χ0v) is 9.36. The molecule has 0 unspecified atom stereocenters. The van der Waals surface area contributed by atoms with E-state index in [1.165, 1.54) is 0 Å². The first-order valence-corrected chi connectivity index (χ1v) is 5.70. The molecule has 0 atom stereocenters. The Bertz CT molecular complexity index is 334. The highest BCUT2D eigenvalue weighted by Gasteiger charge is 2.32. The van der Waals surface area contributed by atoms with Gasteiger partial charge in [-0.05, 0) is 37.6 Å². The van der Waals surface area contributed by atoms with Gasteiger partial charge < -0.3 is 5.32 Å². The van der Waals surface area contributed by atoms with E-state index in [1.807, 2.05) is 24.3 Å². The summed E-state index contributed by atoms with van der Waals surface area (Å²) < 4.78 is 14.3. The quantitative estimate of drug-likeness (QED) is 0.819. The first-order chi connectivity index (χ1) is 7.20. The monoisotopic (exact) mass is 227 g/mol. The van der Waals surface area contributed by atoms with Crippen molar-refractivity contribution < 1.29 is 4.39 Å². The first-order valence-electron chi connectivity index (χ1n) is 5.33. The van der Waals surface area contributed by atoms with Crippen molar-refractivity contribution in [2.24, 2.45) is 0 Å². The zero-order valence-electron chi connectivity index (χ0n) is 8.60. The minimum atomic E-state index is -1.07. The Labute approximate surface area is 94.6 Å². The van der Waals surface area contributed by atoms with E-state index >= 15 is 0 Å². The Morgan fingerprint density at radius 3 is 2.60 bits per heavy atom. The second-order valence-electron chi connectivity index (χ2n) is 4.17. The predicted molar refractivity (Wildman–Crippen MR) is 61.1 cm³/mol. The van der Waals surface area contributed by atoms with Crippen LogP contribution in [0.15, 0.2) is 24.3 Å². The van der Waals surface area contributed by atoms with E-state index in [1.54, 1.807) is 0 Å². The summed E-state index contributed by atoms with van der Waals surface area (Å²) in [5.41, 5.74) is -0.153. The molecule has 0 bridgehead atoms. The van der Waals surface area contributed by atoms with E-state index in [2.05, 4.69) is 5.32 Å².